The van der Waals surface area contributed by atoms with Crippen molar-refractivity contribution in [3.05, 3.63) is 63.1 Å². The van der Waals surface area contributed by atoms with Crippen LogP contribution in [0.15, 0.2) is 36.4 Å². The molecule has 0 bridgehead atoms. The number of ether oxygens (including phenoxy) is 2. The Kier molecular flexibility index (Phi) is 8.89. The van der Waals surface area contributed by atoms with Crippen LogP contribution in [0.5, 0.6) is 0 Å². The van der Waals surface area contributed by atoms with Gasteiger partial charge in [0, 0.05) is 5.02 Å². The van der Waals surface area contributed by atoms with Gasteiger partial charge in [-0.3, -0.25) is 0 Å². The molecule has 0 spiro atoms. The molecule has 0 saturated heterocycles. The number of anilines is 1. The van der Waals surface area contributed by atoms with Crippen LogP contribution in [-0.2, 0) is 15.9 Å². The third-order valence-electron chi connectivity index (χ3n) is 4.21. The van der Waals surface area contributed by atoms with Crippen molar-refractivity contribution in [3.8, 4) is 0 Å². The quantitative estimate of drug-likeness (QED) is 0.313. The van der Waals surface area contributed by atoms with E-state index in [1.54, 1.807) is 18.2 Å². The minimum Gasteiger partial charge on any atom is -0.465 e. The van der Waals surface area contributed by atoms with Gasteiger partial charge in [0.25, 0.3) is 0 Å². The number of esters is 2. The number of rotatable bonds is 8. The molecule has 0 aliphatic heterocycles. The molecule has 0 unspecified atom stereocenters. The highest BCUT2D eigenvalue weighted by Crippen LogP contribution is 2.30. The number of nitrogens with one attached hydrogen (secondary N) is 1. The van der Waals surface area contributed by atoms with Gasteiger partial charge >= 0.3 is 11.9 Å². The standard InChI is InChI=1S/C21H21Cl2NO4S/c1-27-20(25)14-9-7-13(8-10-14)5-3-4-6-18(29)24-17-12-15(22)11-16(23)19(17)21(26)28-2/h7-12H,3-6H2,1-2H3,(H,24,29). The molecule has 0 fully saturated rings. The molecule has 8 heteroatoms. The molecular weight excluding hydrogens is 433 g/mol. The number of halogens is 2. The summed E-state index contributed by atoms with van der Waals surface area (Å²) in [6.45, 7) is 0. The number of benzene rings is 2. The summed E-state index contributed by atoms with van der Waals surface area (Å²) in [5.41, 5.74) is 2.29. The lowest BCUT2D eigenvalue weighted by Crippen LogP contribution is -2.14. The summed E-state index contributed by atoms with van der Waals surface area (Å²) >= 11 is 17.6. The van der Waals surface area contributed by atoms with Crippen LogP contribution in [0, 0.1) is 0 Å². The summed E-state index contributed by atoms with van der Waals surface area (Å²) < 4.78 is 9.47. The van der Waals surface area contributed by atoms with Crippen molar-refractivity contribution in [2.24, 2.45) is 0 Å². The summed E-state index contributed by atoms with van der Waals surface area (Å²) in [5.74, 6) is -0.909. The van der Waals surface area contributed by atoms with Crippen LogP contribution in [0.2, 0.25) is 10.0 Å². The predicted octanol–water partition coefficient (Wildman–Crippen LogP) is 5.72. The Morgan fingerprint density at radius 2 is 1.66 bits per heavy atom. The molecule has 0 aliphatic carbocycles. The molecule has 0 aliphatic rings. The number of unbranched alkanes of at least 4 members (excludes halogenated alkanes) is 1. The van der Waals surface area contributed by atoms with Gasteiger partial charge in [-0.15, -0.1) is 0 Å². The highest BCUT2D eigenvalue weighted by molar-refractivity contribution is 7.80. The fraction of sp³-hybridized carbons (Fsp3) is 0.286. The van der Waals surface area contributed by atoms with E-state index in [0.29, 0.717) is 27.7 Å². The zero-order valence-electron chi connectivity index (χ0n) is 16.1. The van der Waals surface area contributed by atoms with Crippen LogP contribution in [0.1, 0.15) is 45.5 Å². The number of carbonyl (C=O) groups excluding carboxylic acids is 2. The zero-order valence-corrected chi connectivity index (χ0v) is 18.4. The number of hydrogen-bond acceptors (Lipinski definition) is 5. The maximum atomic E-state index is 12.0. The zero-order chi connectivity index (χ0) is 21.4. The van der Waals surface area contributed by atoms with Gasteiger partial charge in [0.2, 0.25) is 0 Å². The van der Waals surface area contributed by atoms with Crippen molar-refractivity contribution in [2.75, 3.05) is 19.5 Å². The van der Waals surface area contributed by atoms with Crippen LogP contribution >= 0.6 is 35.4 Å². The normalized spacial score (nSPS) is 10.3. The lowest BCUT2D eigenvalue weighted by atomic mass is 10.0. The first-order valence-electron chi connectivity index (χ1n) is 8.90. The second kappa shape index (κ2) is 11.1. The van der Waals surface area contributed by atoms with E-state index >= 15 is 0 Å². The lowest BCUT2D eigenvalue weighted by molar-refractivity contribution is 0.0592. The molecule has 0 heterocycles. The van der Waals surface area contributed by atoms with E-state index in [9.17, 15) is 9.59 Å². The monoisotopic (exact) mass is 453 g/mol. The van der Waals surface area contributed by atoms with E-state index in [1.807, 2.05) is 12.1 Å². The van der Waals surface area contributed by atoms with Crippen LogP contribution < -0.4 is 5.32 Å². The van der Waals surface area contributed by atoms with Crippen molar-refractivity contribution in [3.63, 3.8) is 0 Å². The lowest BCUT2D eigenvalue weighted by Gasteiger charge is -2.13. The number of hydrogen-bond donors (Lipinski definition) is 1. The molecule has 0 radical (unpaired) electrons. The number of carbonyl (C=O) groups is 2. The first kappa shape index (κ1) is 23.1. The SMILES string of the molecule is COC(=O)c1ccc(CCCCC(=S)Nc2cc(Cl)cc(Cl)c2C(=O)OC)cc1. The van der Waals surface area contributed by atoms with Gasteiger partial charge in [-0.2, -0.15) is 0 Å². The number of aryl methyl sites for hydroxylation is 1. The minimum absolute atomic E-state index is 0.199. The predicted molar refractivity (Wildman–Crippen MR) is 119 cm³/mol. The Morgan fingerprint density at radius 1 is 1.00 bits per heavy atom. The Labute approximate surface area is 185 Å². The van der Waals surface area contributed by atoms with E-state index in [4.69, 9.17) is 40.2 Å². The van der Waals surface area contributed by atoms with E-state index in [-0.39, 0.29) is 16.6 Å². The molecule has 2 aromatic carbocycles. The van der Waals surface area contributed by atoms with Gasteiger partial charge in [0.15, 0.2) is 0 Å². The first-order valence-corrected chi connectivity index (χ1v) is 10.1. The van der Waals surface area contributed by atoms with E-state index in [2.05, 4.69) is 10.1 Å². The Morgan fingerprint density at radius 3 is 2.28 bits per heavy atom. The van der Waals surface area contributed by atoms with E-state index in [1.165, 1.54) is 20.3 Å². The topological polar surface area (TPSA) is 64.6 Å². The largest absolute Gasteiger partial charge is 0.465 e. The molecule has 29 heavy (non-hydrogen) atoms. The summed E-state index contributed by atoms with van der Waals surface area (Å²) in [6.07, 6.45) is 3.27. The van der Waals surface area contributed by atoms with Crippen LogP contribution in [-0.4, -0.2) is 31.1 Å². The van der Waals surface area contributed by atoms with Gasteiger partial charge < -0.3 is 14.8 Å². The second-order valence-corrected chi connectivity index (χ2v) is 7.58. The Bertz CT molecular complexity index is 900. The summed E-state index contributed by atoms with van der Waals surface area (Å²) in [4.78, 5) is 24.0. The maximum absolute atomic E-state index is 12.0. The van der Waals surface area contributed by atoms with Crippen LogP contribution in [0.4, 0.5) is 5.69 Å². The molecule has 154 valence electrons. The molecule has 0 aromatic heterocycles. The highest BCUT2D eigenvalue weighted by atomic mass is 35.5. The van der Waals surface area contributed by atoms with E-state index < -0.39 is 5.97 Å². The average molecular weight is 454 g/mol. The molecule has 0 amide bonds. The fourth-order valence-electron chi connectivity index (χ4n) is 2.73. The Balaban J connectivity index is 1.88. The Hall–Kier alpha value is -2.15. The van der Waals surface area contributed by atoms with Crippen molar-refractivity contribution < 1.29 is 19.1 Å². The molecule has 5 nitrogen and oxygen atoms in total. The maximum Gasteiger partial charge on any atom is 0.341 e. The number of methoxy groups -OCH3 is 2. The molecule has 0 saturated carbocycles. The number of thiocarbonyl (C=S) groups is 1. The summed E-state index contributed by atoms with van der Waals surface area (Å²) in [5, 5.41) is 3.63. The van der Waals surface area contributed by atoms with Gasteiger partial charge in [0.05, 0.1) is 35.5 Å². The van der Waals surface area contributed by atoms with Crippen LogP contribution in [0.3, 0.4) is 0 Å². The molecule has 2 aromatic rings. The van der Waals surface area contributed by atoms with Crippen molar-refractivity contribution in [2.45, 2.75) is 25.7 Å². The van der Waals surface area contributed by atoms with Crippen molar-refractivity contribution in [1.82, 2.24) is 0 Å². The smallest absolute Gasteiger partial charge is 0.341 e. The highest BCUT2D eigenvalue weighted by Gasteiger charge is 2.18. The molecular formula is C21H21Cl2NO4S. The van der Waals surface area contributed by atoms with E-state index in [0.717, 1.165) is 24.8 Å². The first-order chi connectivity index (χ1) is 13.8. The van der Waals surface area contributed by atoms with Crippen molar-refractivity contribution >= 4 is 58.0 Å². The summed E-state index contributed by atoms with van der Waals surface area (Å²) in [6, 6.07) is 10.4. The minimum atomic E-state index is -0.563. The van der Waals surface area contributed by atoms with Gasteiger partial charge in [-0.05, 0) is 55.5 Å². The van der Waals surface area contributed by atoms with Gasteiger partial charge in [-0.1, -0.05) is 47.6 Å². The fourth-order valence-corrected chi connectivity index (χ4v) is 3.56. The molecule has 1 N–H and O–H groups in total. The van der Waals surface area contributed by atoms with Crippen LogP contribution in [0.25, 0.3) is 0 Å². The van der Waals surface area contributed by atoms with Gasteiger partial charge in [-0.25, -0.2) is 9.59 Å². The molecule has 2 rings (SSSR count). The molecule has 0 atom stereocenters. The summed E-state index contributed by atoms with van der Waals surface area (Å²) in [7, 11) is 2.64. The average Bonchev–Trinajstić information content (AvgIpc) is 2.70. The second-order valence-electron chi connectivity index (χ2n) is 6.25. The van der Waals surface area contributed by atoms with Crippen molar-refractivity contribution in [1.29, 1.82) is 0 Å². The third kappa shape index (κ3) is 6.70. The third-order valence-corrected chi connectivity index (χ3v) is 5.04. The van der Waals surface area contributed by atoms with Gasteiger partial charge in [0.1, 0.15) is 5.56 Å².